The highest BCUT2D eigenvalue weighted by atomic mass is 19.3. The van der Waals surface area contributed by atoms with Gasteiger partial charge in [0, 0.05) is 18.2 Å². The minimum absolute atomic E-state index is 0.177. The van der Waals surface area contributed by atoms with Crippen LogP contribution < -0.4 is 5.32 Å². The molecule has 0 aliphatic heterocycles. The molecule has 1 N–H and O–H groups in total. The fraction of sp³-hybridized carbons (Fsp3) is 0.357. The molecule has 20 heavy (non-hydrogen) atoms. The number of nitrogens with zero attached hydrogens (tertiary/aromatic N) is 2. The predicted octanol–water partition coefficient (Wildman–Crippen LogP) is 3.20. The number of hydrogen-bond acceptors (Lipinski definition) is 2. The second-order valence-electron chi connectivity index (χ2n) is 4.90. The molecule has 1 aromatic carbocycles. The van der Waals surface area contributed by atoms with Gasteiger partial charge in [0.1, 0.15) is 11.5 Å². The summed E-state index contributed by atoms with van der Waals surface area (Å²) in [5.74, 6) is -0.476. The van der Waals surface area contributed by atoms with Crippen LogP contribution in [0.1, 0.15) is 30.5 Å². The fourth-order valence-electron chi connectivity index (χ4n) is 2.12. The van der Waals surface area contributed by atoms with Gasteiger partial charge in [-0.3, -0.25) is 0 Å². The first-order valence-electron chi connectivity index (χ1n) is 6.49. The number of nitrogens with one attached hydrogen (secondary N) is 1. The zero-order chi connectivity index (χ0) is 14.1. The Morgan fingerprint density at radius 3 is 2.80 bits per heavy atom. The first kappa shape index (κ1) is 13.2. The average molecular weight is 281 g/mol. The molecule has 0 saturated heterocycles. The van der Waals surface area contributed by atoms with Gasteiger partial charge in [-0.2, -0.15) is 5.10 Å². The fourth-order valence-corrected chi connectivity index (χ4v) is 2.12. The Morgan fingerprint density at radius 1 is 1.35 bits per heavy atom. The number of aromatic nitrogens is 2. The van der Waals surface area contributed by atoms with E-state index in [1.54, 1.807) is 6.07 Å². The Morgan fingerprint density at radius 2 is 2.15 bits per heavy atom. The van der Waals surface area contributed by atoms with Crippen LogP contribution in [-0.4, -0.2) is 15.8 Å². The molecule has 1 heterocycles. The van der Waals surface area contributed by atoms with Crippen molar-refractivity contribution in [1.29, 1.82) is 0 Å². The van der Waals surface area contributed by atoms with Gasteiger partial charge in [0.2, 0.25) is 0 Å². The van der Waals surface area contributed by atoms with E-state index in [1.807, 2.05) is 0 Å². The second-order valence-corrected chi connectivity index (χ2v) is 4.90. The zero-order valence-corrected chi connectivity index (χ0v) is 10.7. The number of hydrogen-bond donors (Lipinski definition) is 1. The molecular weight excluding hydrogens is 267 g/mol. The quantitative estimate of drug-likeness (QED) is 0.912. The van der Waals surface area contributed by atoms with E-state index < -0.39 is 12.2 Å². The van der Waals surface area contributed by atoms with E-state index in [-0.39, 0.29) is 5.69 Å². The van der Waals surface area contributed by atoms with Crippen LogP contribution in [0.4, 0.5) is 13.2 Å². The normalized spacial score (nSPS) is 15.0. The van der Waals surface area contributed by atoms with Crippen LogP contribution in [0.15, 0.2) is 30.5 Å². The molecule has 1 fully saturated rings. The molecule has 6 heteroatoms. The third-order valence-corrected chi connectivity index (χ3v) is 3.30. The summed E-state index contributed by atoms with van der Waals surface area (Å²) in [5, 5.41) is 7.16. The molecule has 0 atom stereocenters. The highest BCUT2D eigenvalue weighted by Crippen LogP contribution is 2.27. The van der Waals surface area contributed by atoms with Gasteiger partial charge in [-0.05, 0) is 31.0 Å². The lowest BCUT2D eigenvalue weighted by Gasteiger charge is -2.09. The third kappa shape index (κ3) is 2.70. The minimum atomic E-state index is -2.66. The highest BCUT2D eigenvalue weighted by molar-refractivity contribution is 5.36. The van der Waals surface area contributed by atoms with Gasteiger partial charge in [0.25, 0.3) is 6.43 Å². The largest absolute Gasteiger partial charge is 0.310 e. The van der Waals surface area contributed by atoms with Crippen molar-refractivity contribution in [2.75, 3.05) is 0 Å². The molecule has 1 aliphatic rings. The molecule has 2 aromatic rings. The lowest BCUT2D eigenvalue weighted by Crippen LogP contribution is -2.16. The van der Waals surface area contributed by atoms with E-state index in [0.717, 1.165) is 17.5 Å². The number of halogens is 3. The maximum absolute atomic E-state index is 13.3. The van der Waals surface area contributed by atoms with Crippen LogP contribution >= 0.6 is 0 Å². The second kappa shape index (κ2) is 5.28. The van der Waals surface area contributed by atoms with Crippen molar-refractivity contribution in [3.05, 3.63) is 47.5 Å². The lowest BCUT2D eigenvalue weighted by molar-refractivity contribution is 0.141. The van der Waals surface area contributed by atoms with Crippen LogP contribution in [0.2, 0.25) is 0 Å². The van der Waals surface area contributed by atoms with Gasteiger partial charge in [-0.1, -0.05) is 6.07 Å². The van der Waals surface area contributed by atoms with Crippen LogP contribution in [0, 0.1) is 5.82 Å². The summed E-state index contributed by atoms with van der Waals surface area (Å²) in [6, 6.07) is 5.92. The summed E-state index contributed by atoms with van der Waals surface area (Å²) in [6.45, 7) is 0.361. The molecule has 1 saturated carbocycles. The highest BCUT2D eigenvalue weighted by Gasteiger charge is 2.24. The lowest BCUT2D eigenvalue weighted by atomic mass is 10.2. The van der Waals surface area contributed by atoms with Crippen LogP contribution in [-0.2, 0) is 6.54 Å². The van der Waals surface area contributed by atoms with E-state index in [1.165, 1.54) is 24.4 Å². The smallest absolute Gasteiger partial charge is 0.280 e. The zero-order valence-electron chi connectivity index (χ0n) is 10.7. The summed E-state index contributed by atoms with van der Waals surface area (Å²) < 4.78 is 40.9. The van der Waals surface area contributed by atoms with Gasteiger partial charge in [0.05, 0.1) is 11.9 Å². The molecule has 106 valence electrons. The van der Waals surface area contributed by atoms with Crippen molar-refractivity contribution in [3.63, 3.8) is 0 Å². The molecule has 0 radical (unpaired) electrons. The molecule has 0 bridgehead atoms. The van der Waals surface area contributed by atoms with E-state index in [2.05, 4.69) is 10.4 Å². The number of benzene rings is 1. The first-order chi connectivity index (χ1) is 9.65. The Labute approximate surface area is 114 Å². The van der Waals surface area contributed by atoms with Crippen molar-refractivity contribution in [2.24, 2.45) is 0 Å². The molecule has 1 aromatic heterocycles. The third-order valence-electron chi connectivity index (χ3n) is 3.30. The van der Waals surface area contributed by atoms with Crippen molar-refractivity contribution in [2.45, 2.75) is 31.9 Å². The standard InChI is InChI=1S/C14H14F3N3/c15-10-2-1-3-12(6-10)20-13(14(16)17)9(8-19-20)7-18-11-4-5-11/h1-3,6,8,11,14,18H,4-5,7H2. The first-order valence-corrected chi connectivity index (χ1v) is 6.49. The predicted molar refractivity (Wildman–Crippen MR) is 68.3 cm³/mol. The van der Waals surface area contributed by atoms with Gasteiger partial charge in [0.15, 0.2) is 0 Å². The van der Waals surface area contributed by atoms with Crippen LogP contribution in [0.5, 0.6) is 0 Å². The molecule has 3 rings (SSSR count). The van der Waals surface area contributed by atoms with Crippen molar-refractivity contribution in [1.82, 2.24) is 15.1 Å². The van der Waals surface area contributed by atoms with E-state index in [9.17, 15) is 13.2 Å². The molecule has 0 spiro atoms. The summed E-state index contributed by atoms with van der Waals surface area (Å²) in [5.41, 5.74) is 0.581. The summed E-state index contributed by atoms with van der Waals surface area (Å²) in [7, 11) is 0. The molecule has 0 unspecified atom stereocenters. The number of alkyl halides is 2. The average Bonchev–Trinajstić information content (AvgIpc) is 3.14. The number of rotatable bonds is 5. The van der Waals surface area contributed by atoms with Gasteiger partial charge in [-0.15, -0.1) is 0 Å². The molecule has 3 nitrogen and oxygen atoms in total. The monoisotopic (exact) mass is 281 g/mol. The van der Waals surface area contributed by atoms with E-state index >= 15 is 0 Å². The maximum Gasteiger partial charge on any atom is 0.280 e. The topological polar surface area (TPSA) is 29.9 Å². The van der Waals surface area contributed by atoms with E-state index in [0.29, 0.717) is 23.8 Å². The summed E-state index contributed by atoms with van der Waals surface area (Å²) >= 11 is 0. The van der Waals surface area contributed by atoms with Gasteiger partial charge in [-0.25, -0.2) is 17.9 Å². The Bertz CT molecular complexity index is 605. The molecule has 1 aliphatic carbocycles. The maximum atomic E-state index is 13.3. The summed E-state index contributed by atoms with van der Waals surface area (Å²) in [4.78, 5) is 0. The molecular formula is C14H14F3N3. The van der Waals surface area contributed by atoms with Crippen molar-refractivity contribution < 1.29 is 13.2 Å². The minimum Gasteiger partial charge on any atom is -0.310 e. The summed E-state index contributed by atoms with van der Waals surface area (Å²) in [6.07, 6.45) is 0.933. The Hall–Kier alpha value is -1.82. The Kier molecular flexibility index (Phi) is 3.48. The van der Waals surface area contributed by atoms with Gasteiger partial charge >= 0.3 is 0 Å². The SMILES string of the molecule is Fc1cccc(-n2ncc(CNC3CC3)c2C(F)F)c1. The van der Waals surface area contributed by atoms with Crippen molar-refractivity contribution in [3.8, 4) is 5.69 Å². The van der Waals surface area contributed by atoms with Crippen molar-refractivity contribution >= 4 is 0 Å². The van der Waals surface area contributed by atoms with Crippen LogP contribution in [0.3, 0.4) is 0 Å². The van der Waals surface area contributed by atoms with Crippen LogP contribution in [0.25, 0.3) is 5.69 Å². The van der Waals surface area contributed by atoms with Gasteiger partial charge < -0.3 is 5.32 Å². The molecule has 0 amide bonds. The Balaban J connectivity index is 1.93. The van der Waals surface area contributed by atoms with E-state index in [4.69, 9.17) is 0 Å².